The molecule has 1 aliphatic heterocycles. The first kappa shape index (κ1) is 23.0. The fourth-order valence-corrected chi connectivity index (χ4v) is 4.02. The van der Waals surface area contributed by atoms with Gasteiger partial charge >= 0.3 is 0 Å². The quantitative estimate of drug-likeness (QED) is 0.448. The van der Waals surface area contributed by atoms with Gasteiger partial charge in [-0.25, -0.2) is 0 Å². The molecule has 0 N–H and O–H groups in total. The molecule has 1 aliphatic rings. The van der Waals surface area contributed by atoms with E-state index in [1.807, 2.05) is 60.7 Å². The smallest absolute Gasteiger partial charge is 0.259 e. The van der Waals surface area contributed by atoms with E-state index in [4.69, 9.17) is 23.7 Å². The van der Waals surface area contributed by atoms with E-state index in [1.165, 1.54) is 0 Å². The Morgan fingerprint density at radius 1 is 0.735 bits per heavy atom. The Hall–Kier alpha value is -4.13. The minimum absolute atomic E-state index is 0.104. The van der Waals surface area contributed by atoms with Crippen molar-refractivity contribution in [2.75, 3.05) is 40.4 Å². The maximum atomic E-state index is 13.6. The second-order valence-electron chi connectivity index (χ2n) is 7.64. The number of carbonyl (C=O) groups excluding carboxylic acids is 1. The van der Waals surface area contributed by atoms with Crippen molar-refractivity contribution < 1.29 is 28.5 Å². The molecule has 0 aliphatic carbocycles. The second-order valence-corrected chi connectivity index (χ2v) is 7.64. The number of rotatable bonds is 8. The Labute approximate surface area is 199 Å². The molecule has 1 amide bonds. The van der Waals surface area contributed by atoms with Crippen LogP contribution in [0.1, 0.15) is 16.7 Å². The molecule has 0 radical (unpaired) electrons. The van der Waals surface area contributed by atoms with Crippen molar-refractivity contribution >= 4 is 23.2 Å². The van der Waals surface area contributed by atoms with Gasteiger partial charge in [0.15, 0.2) is 11.5 Å². The number of anilines is 1. The number of hydrogen-bond acceptors (Lipinski definition) is 6. The van der Waals surface area contributed by atoms with E-state index >= 15 is 0 Å². The lowest BCUT2D eigenvalue weighted by Gasteiger charge is -2.17. The third-order valence-corrected chi connectivity index (χ3v) is 5.76. The zero-order chi connectivity index (χ0) is 24.2. The number of methoxy groups -OCH3 is 5. The van der Waals surface area contributed by atoms with Gasteiger partial charge in [0.1, 0.15) is 11.5 Å². The second kappa shape index (κ2) is 9.79. The highest BCUT2D eigenvalue weighted by molar-refractivity contribution is 6.35. The van der Waals surface area contributed by atoms with Crippen LogP contribution in [0.5, 0.6) is 28.7 Å². The summed E-state index contributed by atoms with van der Waals surface area (Å²) in [5.74, 6) is 2.86. The third kappa shape index (κ3) is 4.24. The minimum Gasteiger partial charge on any atom is -0.497 e. The molecular weight excluding hydrogens is 434 g/mol. The van der Waals surface area contributed by atoms with Gasteiger partial charge in [-0.15, -0.1) is 0 Å². The van der Waals surface area contributed by atoms with E-state index in [9.17, 15) is 4.79 Å². The van der Waals surface area contributed by atoms with Gasteiger partial charge in [-0.3, -0.25) is 4.79 Å². The van der Waals surface area contributed by atoms with Crippen molar-refractivity contribution in [3.63, 3.8) is 0 Å². The maximum absolute atomic E-state index is 13.6. The minimum atomic E-state index is -0.104. The normalized spacial score (nSPS) is 13.6. The molecule has 0 bridgehead atoms. The monoisotopic (exact) mass is 461 g/mol. The summed E-state index contributed by atoms with van der Waals surface area (Å²) in [5, 5.41) is 0. The largest absolute Gasteiger partial charge is 0.497 e. The van der Waals surface area contributed by atoms with E-state index in [0.717, 1.165) is 28.1 Å². The van der Waals surface area contributed by atoms with Gasteiger partial charge < -0.3 is 28.6 Å². The zero-order valence-electron chi connectivity index (χ0n) is 19.9. The molecule has 0 saturated heterocycles. The van der Waals surface area contributed by atoms with Crippen LogP contribution in [-0.4, -0.2) is 41.5 Å². The van der Waals surface area contributed by atoms with Crippen LogP contribution in [0.15, 0.2) is 54.6 Å². The summed E-state index contributed by atoms with van der Waals surface area (Å²) >= 11 is 0. The number of carbonyl (C=O) groups is 1. The lowest BCUT2D eigenvalue weighted by atomic mass is 10.0. The summed E-state index contributed by atoms with van der Waals surface area (Å²) in [5.41, 5.74) is 3.91. The van der Waals surface area contributed by atoms with Gasteiger partial charge in [-0.1, -0.05) is 12.1 Å². The van der Waals surface area contributed by atoms with Crippen LogP contribution < -0.4 is 28.6 Å². The van der Waals surface area contributed by atoms with Crippen LogP contribution in [0.2, 0.25) is 0 Å². The summed E-state index contributed by atoms with van der Waals surface area (Å²) < 4.78 is 27.0. The van der Waals surface area contributed by atoms with E-state index in [0.29, 0.717) is 35.1 Å². The van der Waals surface area contributed by atoms with Crippen LogP contribution >= 0.6 is 0 Å². The van der Waals surface area contributed by atoms with Gasteiger partial charge in [0.05, 0.1) is 47.8 Å². The lowest BCUT2D eigenvalue weighted by Crippen LogP contribution is -2.25. The van der Waals surface area contributed by atoms with Gasteiger partial charge in [-0.2, -0.15) is 0 Å². The van der Waals surface area contributed by atoms with Crippen LogP contribution in [0, 0.1) is 0 Å². The van der Waals surface area contributed by atoms with Crippen molar-refractivity contribution in [3.8, 4) is 28.7 Å². The van der Waals surface area contributed by atoms with Gasteiger partial charge in [-0.05, 0) is 59.7 Å². The third-order valence-electron chi connectivity index (χ3n) is 5.76. The number of hydrogen-bond donors (Lipinski definition) is 0. The van der Waals surface area contributed by atoms with Crippen molar-refractivity contribution in [1.82, 2.24) is 0 Å². The van der Waals surface area contributed by atoms with Crippen molar-refractivity contribution in [2.45, 2.75) is 6.54 Å². The molecule has 34 heavy (non-hydrogen) atoms. The molecule has 0 atom stereocenters. The van der Waals surface area contributed by atoms with E-state index in [1.54, 1.807) is 40.4 Å². The van der Waals surface area contributed by atoms with Gasteiger partial charge in [0.25, 0.3) is 5.91 Å². The summed E-state index contributed by atoms with van der Waals surface area (Å²) in [6.07, 6.45) is 1.83. The Balaban J connectivity index is 1.79. The molecule has 0 saturated carbocycles. The van der Waals surface area contributed by atoms with Crippen LogP contribution in [-0.2, 0) is 11.3 Å². The Kier molecular flexibility index (Phi) is 6.63. The molecule has 3 aromatic carbocycles. The molecule has 0 fully saturated rings. The highest BCUT2D eigenvalue weighted by Gasteiger charge is 2.33. The highest BCUT2D eigenvalue weighted by Crippen LogP contribution is 2.43. The number of fused-ring (bicyclic) bond motifs is 1. The maximum Gasteiger partial charge on any atom is 0.259 e. The summed E-state index contributed by atoms with van der Waals surface area (Å²) in [4.78, 5) is 15.4. The Bertz CT molecular complexity index is 1210. The molecule has 1 heterocycles. The van der Waals surface area contributed by atoms with Crippen LogP contribution in [0.4, 0.5) is 5.69 Å². The molecule has 176 valence electrons. The van der Waals surface area contributed by atoms with E-state index in [-0.39, 0.29) is 5.91 Å². The molecule has 7 nitrogen and oxygen atoms in total. The van der Waals surface area contributed by atoms with E-state index in [2.05, 4.69) is 0 Å². The molecule has 3 aromatic rings. The number of nitrogens with zero attached hydrogens (tertiary/aromatic N) is 1. The van der Waals surface area contributed by atoms with Crippen molar-refractivity contribution in [2.24, 2.45) is 0 Å². The zero-order valence-corrected chi connectivity index (χ0v) is 19.9. The fourth-order valence-electron chi connectivity index (χ4n) is 4.02. The highest BCUT2D eigenvalue weighted by atomic mass is 16.5. The first-order chi connectivity index (χ1) is 16.5. The average molecular weight is 462 g/mol. The predicted molar refractivity (Wildman–Crippen MR) is 131 cm³/mol. The van der Waals surface area contributed by atoms with Crippen molar-refractivity contribution in [1.29, 1.82) is 0 Å². The Morgan fingerprint density at radius 2 is 1.35 bits per heavy atom. The lowest BCUT2D eigenvalue weighted by molar-refractivity contribution is -0.113. The summed E-state index contributed by atoms with van der Waals surface area (Å²) in [6.45, 7) is 0.425. The first-order valence-corrected chi connectivity index (χ1v) is 10.7. The van der Waals surface area contributed by atoms with Crippen molar-refractivity contribution in [3.05, 3.63) is 71.3 Å². The first-order valence-electron chi connectivity index (χ1n) is 10.7. The summed E-state index contributed by atoms with van der Waals surface area (Å²) in [7, 11) is 7.91. The number of amides is 1. The van der Waals surface area contributed by atoms with Gasteiger partial charge in [0, 0.05) is 11.1 Å². The van der Waals surface area contributed by atoms with Crippen LogP contribution in [0.3, 0.4) is 0 Å². The van der Waals surface area contributed by atoms with E-state index < -0.39 is 0 Å². The molecule has 7 heteroatoms. The predicted octanol–water partition coefficient (Wildman–Crippen LogP) is 4.82. The molecular formula is C27H27NO6. The average Bonchev–Trinajstić information content (AvgIpc) is 3.13. The SMILES string of the molecule is COc1ccc(CN2C(=O)/C(=C\c3cc(OC)c(OC)c(OC)c3)c3cc(OC)ccc32)cc1. The fraction of sp³-hybridized carbons (Fsp3) is 0.222. The summed E-state index contributed by atoms with van der Waals surface area (Å²) in [6, 6.07) is 17.0. The number of benzene rings is 3. The topological polar surface area (TPSA) is 66.5 Å². The number of ether oxygens (including phenoxy) is 5. The molecule has 0 spiro atoms. The Morgan fingerprint density at radius 3 is 1.91 bits per heavy atom. The molecule has 0 aromatic heterocycles. The molecule has 0 unspecified atom stereocenters. The van der Waals surface area contributed by atoms with Crippen LogP contribution in [0.25, 0.3) is 11.6 Å². The van der Waals surface area contributed by atoms with Gasteiger partial charge in [0.2, 0.25) is 5.75 Å². The molecule has 4 rings (SSSR count). The standard InChI is InChI=1S/C27H27NO6/c1-30-19-8-6-17(7-9-19)16-28-23-11-10-20(31-2)15-21(23)22(27(28)29)12-18-13-24(32-3)26(34-5)25(14-18)33-4/h6-15H,16H2,1-5H3/b22-12-.